The predicted octanol–water partition coefficient (Wildman–Crippen LogP) is 3.49. The van der Waals surface area contributed by atoms with Crippen LogP contribution in [-0.2, 0) is 20.0 Å². The van der Waals surface area contributed by atoms with Crippen LogP contribution in [0.15, 0.2) is 80.2 Å². The van der Waals surface area contributed by atoms with Crippen molar-refractivity contribution in [3.63, 3.8) is 0 Å². The maximum absolute atomic E-state index is 12.8. The first-order valence-corrected chi connectivity index (χ1v) is 14.6. The molecule has 3 aromatic rings. The molecule has 0 unspecified atom stereocenters. The molecule has 0 bridgehead atoms. The molecule has 35 heavy (non-hydrogen) atoms. The molecule has 0 aliphatic carbocycles. The van der Waals surface area contributed by atoms with E-state index in [1.807, 2.05) is 0 Å². The van der Waals surface area contributed by atoms with Gasteiger partial charge in [0, 0.05) is 13.1 Å². The third-order valence-electron chi connectivity index (χ3n) is 5.48. The zero-order chi connectivity index (χ0) is 25.1. The summed E-state index contributed by atoms with van der Waals surface area (Å²) in [5.41, 5.74) is 3.77. The molecule has 1 saturated heterocycles. The first-order chi connectivity index (χ1) is 16.7. The number of hydrazone groups is 1. The maximum atomic E-state index is 12.8. The van der Waals surface area contributed by atoms with E-state index in [2.05, 4.69) is 15.2 Å². The van der Waals surface area contributed by atoms with Crippen LogP contribution >= 0.6 is 11.3 Å². The van der Waals surface area contributed by atoms with Crippen molar-refractivity contribution in [3.8, 4) is 0 Å². The molecular formula is C23H24N4O5S3. The quantitative estimate of drug-likeness (QED) is 0.339. The first kappa shape index (κ1) is 25.0. The number of amides is 1. The number of carbonyl (C=O) groups excluding carboxylic acids is 1. The number of para-hydroxylation sites is 1. The number of carbonyl (C=O) groups is 1. The summed E-state index contributed by atoms with van der Waals surface area (Å²) in [6.45, 7) is 2.73. The van der Waals surface area contributed by atoms with E-state index in [1.165, 1.54) is 34.6 Å². The highest BCUT2D eigenvalue weighted by atomic mass is 32.2. The number of sulfonamides is 2. The van der Waals surface area contributed by atoms with E-state index in [0.717, 1.165) is 24.2 Å². The molecule has 1 aromatic heterocycles. The number of nitrogens with zero attached hydrogens (tertiary/aromatic N) is 2. The zero-order valence-electron chi connectivity index (χ0n) is 18.8. The fraction of sp³-hybridized carbons (Fsp3) is 0.217. The molecule has 0 radical (unpaired) electrons. The van der Waals surface area contributed by atoms with E-state index in [9.17, 15) is 21.6 Å². The summed E-state index contributed by atoms with van der Waals surface area (Å²) in [4.78, 5) is 13.0. The highest BCUT2D eigenvalue weighted by Gasteiger charge is 2.27. The Hall–Kier alpha value is -3.06. The van der Waals surface area contributed by atoms with Gasteiger partial charge in [0.25, 0.3) is 15.9 Å². The number of hydrogen-bond acceptors (Lipinski definition) is 7. The smallest absolute Gasteiger partial charge is 0.273 e. The average molecular weight is 533 g/mol. The first-order valence-electron chi connectivity index (χ1n) is 10.8. The number of nitrogens with one attached hydrogen (secondary N) is 2. The third kappa shape index (κ3) is 5.61. The molecule has 184 valence electrons. The van der Waals surface area contributed by atoms with Crippen LogP contribution in [0.25, 0.3) is 0 Å². The van der Waals surface area contributed by atoms with E-state index in [0.29, 0.717) is 24.4 Å². The van der Waals surface area contributed by atoms with Gasteiger partial charge >= 0.3 is 0 Å². The topological polar surface area (TPSA) is 125 Å². The second kappa shape index (κ2) is 10.3. The second-order valence-corrected chi connectivity index (χ2v) is 12.7. The van der Waals surface area contributed by atoms with E-state index >= 15 is 0 Å². The monoisotopic (exact) mass is 532 g/mol. The number of benzene rings is 2. The van der Waals surface area contributed by atoms with Gasteiger partial charge in [-0.05, 0) is 61.0 Å². The molecule has 2 N–H and O–H groups in total. The lowest BCUT2D eigenvalue weighted by Gasteiger charge is -2.15. The molecule has 0 atom stereocenters. The summed E-state index contributed by atoms with van der Waals surface area (Å²) in [7, 11) is -7.33. The average Bonchev–Trinajstić information content (AvgIpc) is 3.58. The van der Waals surface area contributed by atoms with Crippen LogP contribution in [0.5, 0.6) is 0 Å². The Balaban J connectivity index is 1.47. The molecule has 1 amide bonds. The van der Waals surface area contributed by atoms with Gasteiger partial charge in [-0.1, -0.05) is 30.3 Å². The largest absolute Gasteiger partial charge is 0.278 e. The Morgan fingerprint density at radius 3 is 2.29 bits per heavy atom. The number of hydrogen-bond donors (Lipinski definition) is 2. The lowest BCUT2D eigenvalue weighted by atomic mass is 10.1. The van der Waals surface area contributed by atoms with Gasteiger partial charge < -0.3 is 0 Å². The third-order valence-corrected chi connectivity index (χ3v) is 10.2. The van der Waals surface area contributed by atoms with Crippen LogP contribution in [0.1, 0.15) is 35.7 Å². The standard InChI is InChI=1S/C23H24N4O5S3/c1-17(18-10-12-19(13-11-18)35(31,32)27-14-4-5-15-27)24-25-23(28)20-7-2-3-8-21(20)26-34(29,30)22-9-6-16-33-22/h2-3,6-13,16,26H,4-5,14-15H2,1H3,(H,25,28). The highest BCUT2D eigenvalue weighted by molar-refractivity contribution is 7.94. The van der Waals surface area contributed by atoms with Gasteiger partial charge in [0.15, 0.2) is 0 Å². The molecule has 1 aliphatic heterocycles. The molecule has 1 aliphatic rings. The van der Waals surface area contributed by atoms with Crippen molar-refractivity contribution in [2.75, 3.05) is 17.8 Å². The Labute approximate surface area is 208 Å². The normalized spacial score (nSPS) is 15.2. The van der Waals surface area contributed by atoms with Crippen molar-refractivity contribution in [1.29, 1.82) is 0 Å². The molecule has 1 fully saturated rings. The van der Waals surface area contributed by atoms with Gasteiger partial charge in [0.05, 0.1) is 21.9 Å². The van der Waals surface area contributed by atoms with Gasteiger partial charge in [-0.25, -0.2) is 22.3 Å². The van der Waals surface area contributed by atoms with Crippen LogP contribution in [0.2, 0.25) is 0 Å². The summed E-state index contributed by atoms with van der Waals surface area (Å²) in [5.74, 6) is -0.595. The lowest BCUT2D eigenvalue weighted by molar-refractivity contribution is 0.0955. The van der Waals surface area contributed by atoms with E-state index in [1.54, 1.807) is 42.6 Å². The number of rotatable bonds is 8. The van der Waals surface area contributed by atoms with Crippen molar-refractivity contribution in [1.82, 2.24) is 9.73 Å². The van der Waals surface area contributed by atoms with Crippen molar-refractivity contribution in [3.05, 3.63) is 77.2 Å². The summed E-state index contributed by atoms with van der Waals surface area (Å²) in [6, 6.07) is 15.7. The van der Waals surface area contributed by atoms with Gasteiger partial charge in [0.2, 0.25) is 10.0 Å². The van der Waals surface area contributed by atoms with Crippen LogP contribution in [0.4, 0.5) is 5.69 Å². The Bertz CT molecular complexity index is 1440. The van der Waals surface area contributed by atoms with E-state index in [-0.39, 0.29) is 20.4 Å². The summed E-state index contributed by atoms with van der Waals surface area (Å²) < 4.78 is 54.6. The van der Waals surface area contributed by atoms with Crippen molar-refractivity contribution in [2.45, 2.75) is 28.9 Å². The molecule has 2 heterocycles. The summed E-state index contributed by atoms with van der Waals surface area (Å²) >= 11 is 1.07. The highest BCUT2D eigenvalue weighted by Crippen LogP contribution is 2.23. The minimum absolute atomic E-state index is 0.108. The fourth-order valence-corrected chi connectivity index (χ4v) is 7.18. The summed E-state index contributed by atoms with van der Waals surface area (Å²) in [6.07, 6.45) is 1.72. The summed E-state index contributed by atoms with van der Waals surface area (Å²) in [5, 5.41) is 5.76. The fourth-order valence-electron chi connectivity index (χ4n) is 3.59. The minimum Gasteiger partial charge on any atom is -0.278 e. The molecule has 0 spiro atoms. The Morgan fingerprint density at radius 2 is 1.63 bits per heavy atom. The van der Waals surface area contributed by atoms with Crippen molar-refractivity contribution in [2.24, 2.45) is 5.10 Å². The maximum Gasteiger partial charge on any atom is 0.273 e. The van der Waals surface area contributed by atoms with Gasteiger partial charge in [-0.2, -0.15) is 9.41 Å². The van der Waals surface area contributed by atoms with Gasteiger partial charge in [0.1, 0.15) is 4.21 Å². The molecule has 2 aromatic carbocycles. The van der Waals surface area contributed by atoms with Crippen LogP contribution in [0.3, 0.4) is 0 Å². The SMILES string of the molecule is CC(=NNC(=O)c1ccccc1NS(=O)(=O)c1cccs1)c1ccc(S(=O)(=O)N2CCCC2)cc1. The molecule has 4 rings (SSSR count). The zero-order valence-corrected chi connectivity index (χ0v) is 21.3. The Morgan fingerprint density at radius 1 is 0.943 bits per heavy atom. The predicted molar refractivity (Wildman–Crippen MR) is 136 cm³/mol. The molecular weight excluding hydrogens is 508 g/mol. The van der Waals surface area contributed by atoms with Gasteiger partial charge in [-0.15, -0.1) is 11.3 Å². The molecule has 9 nitrogen and oxygen atoms in total. The minimum atomic E-state index is -3.82. The van der Waals surface area contributed by atoms with Crippen LogP contribution in [-0.4, -0.2) is 45.8 Å². The Kier molecular flexibility index (Phi) is 7.36. The lowest BCUT2D eigenvalue weighted by Crippen LogP contribution is -2.27. The van der Waals surface area contributed by atoms with E-state index < -0.39 is 26.0 Å². The van der Waals surface area contributed by atoms with E-state index in [4.69, 9.17) is 0 Å². The van der Waals surface area contributed by atoms with Crippen molar-refractivity contribution >= 4 is 48.7 Å². The van der Waals surface area contributed by atoms with Crippen LogP contribution in [0, 0.1) is 0 Å². The number of thiophene rings is 1. The second-order valence-electron chi connectivity index (χ2n) is 7.86. The van der Waals surface area contributed by atoms with Crippen LogP contribution < -0.4 is 10.1 Å². The van der Waals surface area contributed by atoms with Crippen molar-refractivity contribution < 1.29 is 21.6 Å². The molecule has 12 heteroatoms. The van der Waals surface area contributed by atoms with Gasteiger partial charge in [-0.3, -0.25) is 9.52 Å². The number of anilines is 1. The molecule has 0 saturated carbocycles.